The van der Waals surface area contributed by atoms with Gasteiger partial charge in [-0.3, -0.25) is 9.98 Å². The van der Waals surface area contributed by atoms with Gasteiger partial charge in [-0.15, -0.1) is 24.0 Å². The highest BCUT2D eigenvalue weighted by molar-refractivity contribution is 14.0. The summed E-state index contributed by atoms with van der Waals surface area (Å²) in [4.78, 5) is 11.3. The number of aliphatic imine (C=N–C) groups is 1. The second-order valence-corrected chi connectivity index (χ2v) is 7.18. The number of rotatable bonds is 5. The van der Waals surface area contributed by atoms with Crippen molar-refractivity contribution >= 4 is 46.4 Å². The van der Waals surface area contributed by atoms with Gasteiger partial charge >= 0.3 is 0 Å². The Morgan fingerprint density at radius 3 is 2.90 bits per heavy atom. The van der Waals surface area contributed by atoms with Crippen LogP contribution >= 0.6 is 24.0 Å². The lowest BCUT2D eigenvalue weighted by atomic mass is 10.1. The van der Waals surface area contributed by atoms with Crippen molar-refractivity contribution in [1.29, 1.82) is 0 Å². The topological polar surface area (TPSA) is 61.8 Å². The molecule has 1 aliphatic rings. The van der Waals surface area contributed by atoms with E-state index < -0.39 is 0 Å². The van der Waals surface area contributed by atoms with Crippen molar-refractivity contribution in [3.63, 3.8) is 0 Å². The third-order valence-corrected chi connectivity index (χ3v) is 5.35. The van der Waals surface area contributed by atoms with Crippen LogP contribution in [0.25, 0.3) is 10.8 Å². The van der Waals surface area contributed by atoms with Crippen molar-refractivity contribution in [3.05, 3.63) is 66.5 Å². The van der Waals surface area contributed by atoms with Crippen LogP contribution in [-0.4, -0.2) is 44.2 Å². The minimum absolute atomic E-state index is 0. The fraction of sp³-hybridized carbons (Fsp3) is 0.304. The first kappa shape index (κ1) is 22.1. The van der Waals surface area contributed by atoms with Crippen LogP contribution in [0.1, 0.15) is 12.1 Å². The van der Waals surface area contributed by atoms with E-state index in [1.165, 1.54) is 16.5 Å². The molecule has 2 heterocycles. The van der Waals surface area contributed by atoms with Crippen molar-refractivity contribution in [2.24, 2.45) is 4.99 Å². The van der Waals surface area contributed by atoms with Gasteiger partial charge in [0, 0.05) is 49.5 Å². The molecule has 7 heteroatoms. The van der Waals surface area contributed by atoms with E-state index in [0.29, 0.717) is 12.6 Å². The van der Waals surface area contributed by atoms with Crippen LogP contribution in [0.2, 0.25) is 0 Å². The molecule has 0 radical (unpaired) electrons. The number of pyridine rings is 1. The Hall–Kier alpha value is -2.55. The zero-order chi connectivity index (χ0) is 20.1. The third-order valence-electron chi connectivity index (χ3n) is 5.35. The molecule has 158 valence electrons. The normalized spacial score (nSPS) is 16.3. The second kappa shape index (κ2) is 10.5. The summed E-state index contributed by atoms with van der Waals surface area (Å²) in [5.74, 6) is 1.69. The van der Waals surface area contributed by atoms with Crippen LogP contribution in [0, 0.1) is 0 Å². The van der Waals surface area contributed by atoms with Crippen LogP contribution < -0.4 is 20.3 Å². The van der Waals surface area contributed by atoms with Gasteiger partial charge in [-0.2, -0.15) is 0 Å². The molecule has 30 heavy (non-hydrogen) atoms. The van der Waals surface area contributed by atoms with E-state index in [-0.39, 0.29) is 24.0 Å². The van der Waals surface area contributed by atoms with E-state index in [4.69, 9.17) is 4.74 Å². The molecule has 0 aliphatic carbocycles. The summed E-state index contributed by atoms with van der Waals surface area (Å²) in [6, 6.07) is 18.9. The van der Waals surface area contributed by atoms with E-state index >= 15 is 0 Å². The zero-order valence-electron chi connectivity index (χ0n) is 17.3. The summed E-state index contributed by atoms with van der Waals surface area (Å²) in [6.45, 7) is 2.57. The van der Waals surface area contributed by atoms with Crippen molar-refractivity contribution in [2.45, 2.75) is 19.0 Å². The van der Waals surface area contributed by atoms with Crippen molar-refractivity contribution < 1.29 is 4.74 Å². The molecule has 3 aromatic rings. The Kier molecular flexibility index (Phi) is 7.73. The van der Waals surface area contributed by atoms with Gasteiger partial charge in [0.25, 0.3) is 0 Å². The Balaban J connectivity index is 0.00000256. The van der Waals surface area contributed by atoms with E-state index in [9.17, 15) is 0 Å². The number of ether oxygens (including phenoxy) is 1. The number of hydrogen-bond acceptors (Lipinski definition) is 4. The molecule has 1 fully saturated rings. The number of methoxy groups -OCH3 is 1. The SMILES string of the molecule is CN=C(NCc1nccc2ccccc12)NC1CCN(c2cccc(OC)c2)C1.I. The Morgan fingerprint density at radius 1 is 1.20 bits per heavy atom. The molecule has 1 atom stereocenters. The first-order chi connectivity index (χ1) is 14.3. The summed E-state index contributed by atoms with van der Waals surface area (Å²) in [5.41, 5.74) is 2.21. The van der Waals surface area contributed by atoms with Crippen LogP contribution in [-0.2, 0) is 6.54 Å². The molecular formula is C23H28IN5O. The second-order valence-electron chi connectivity index (χ2n) is 7.18. The minimum Gasteiger partial charge on any atom is -0.497 e. The summed E-state index contributed by atoms with van der Waals surface area (Å²) in [6.07, 6.45) is 2.92. The fourth-order valence-corrected chi connectivity index (χ4v) is 3.80. The molecule has 6 nitrogen and oxygen atoms in total. The molecule has 1 aromatic heterocycles. The van der Waals surface area contributed by atoms with Gasteiger partial charge in [0.1, 0.15) is 5.75 Å². The van der Waals surface area contributed by atoms with Gasteiger partial charge in [-0.25, -0.2) is 0 Å². The number of anilines is 1. The Bertz CT molecular complexity index is 1000. The molecule has 1 saturated heterocycles. The van der Waals surface area contributed by atoms with Gasteiger partial charge in [-0.1, -0.05) is 30.3 Å². The average molecular weight is 517 g/mol. The third kappa shape index (κ3) is 5.13. The number of aromatic nitrogens is 1. The van der Waals surface area contributed by atoms with Gasteiger partial charge in [0.2, 0.25) is 0 Å². The number of nitrogens with one attached hydrogen (secondary N) is 2. The number of nitrogens with zero attached hydrogens (tertiary/aromatic N) is 3. The highest BCUT2D eigenvalue weighted by atomic mass is 127. The van der Waals surface area contributed by atoms with E-state index in [0.717, 1.165) is 36.9 Å². The summed E-state index contributed by atoms with van der Waals surface area (Å²) in [5, 5.41) is 9.34. The minimum atomic E-state index is 0. The van der Waals surface area contributed by atoms with Crippen molar-refractivity contribution in [1.82, 2.24) is 15.6 Å². The largest absolute Gasteiger partial charge is 0.497 e. The predicted molar refractivity (Wildman–Crippen MR) is 134 cm³/mol. The summed E-state index contributed by atoms with van der Waals surface area (Å²) in [7, 11) is 3.51. The standard InChI is InChI=1S/C23H27N5O.HI/c1-24-23(26-15-22-21-9-4-3-6-17(21)10-12-25-22)27-18-11-13-28(16-18)19-7-5-8-20(14-19)29-2;/h3-10,12,14,18H,11,13,15-16H2,1-2H3,(H2,24,26,27);1H. The molecule has 0 amide bonds. The monoisotopic (exact) mass is 517 g/mol. The lowest BCUT2D eigenvalue weighted by Crippen LogP contribution is -2.44. The average Bonchev–Trinajstić information content (AvgIpc) is 3.25. The molecule has 0 saturated carbocycles. The zero-order valence-corrected chi connectivity index (χ0v) is 19.7. The van der Waals surface area contributed by atoms with Crippen molar-refractivity contribution in [2.75, 3.05) is 32.1 Å². The van der Waals surface area contributed by atoms with E-state index in [1.54, 1.807) is 14.2 Å². The summed E-state index contributed by atoms with van der Waals surface area (Å²) >= 11 is 0. The molecule has 0 spiro atoms. The number of halogens is 1. The van der Waals surface area contributed by atoms with Crippen LogP contribution in [0.5, 0.6) is 5.75 Å². The maximum atomic E-state index is 5.35. The lowest BCUT2D eigenvalue weighted by molar-refractivity contribution is 0.415. The van der Waals surface area contributed by atoms with Gasteiger partial charge in [0.15, 0.2) is 5.96 Å². The van der Waals surface area contributed by atoms with Gasteiger partial charge in [-0.05, 0) is 30.0 Å². The molecule has 4 rings (SSSR count). The van der Waals surface area contributed by atoms with Crippen LogP contribution in [0.4, 0.5) is 5.69 Å². The predicted octanol–water partition coefficient (Wildman–Crippen LogP) is 3.81. The molecule has 1 unspecified atom stereocenters. The first-order valence-electron chi connectivity index (χ1n) is 9.95. The smallest absolute Gasteiger partial charge is 0.191 e. The highest BCUT2D eigenvalue weighted by Gasteiger charge is 2.23. The van der Waals surface area contributed by atoms with Crippen LogP contribution in [0.3, 0.4) is 0 Å². The van der Waals surface area contributed by atoms with Crippen molar-refractivity contribution in [3.8, 4) is 5.75 Å². The van der Waals surface area contributed by atoms with Gasteiger partial charge < -0.3 is 20.3 Å². The maximum Gasteiger partial charge on any atom is 0.191 e. The molecule has 0 bridgehead atoms. The lowest BCUT2D eigenvalue weighted by Gasteiger charge is -2.21. The quantitative estimate of drug-likeness (QED) is 0.306. The highest BCUT2D eigenvalue weighted by Crippen LogP contribution is 2.24. The number of benzene rings is 2. The maximum absolute atomic E-state index is 5.35. The number of hydrogen-bond donors (Lipinski definition) is 2. The molecule has 1 aliphatic heterocycles. The number of guanidine groups is 1. The fourth-order valence-electron chi connectivity index (χ4n) is 3.80. The Morgan fingerprint density at radius 2 is 2.07 bits per heavy atom. The van der Waals surface area contributed by atoms with Crippen LogP contribution in [0.15, 0.2) is 65.8 Å². The van der Waals surface area contributed by atoms with E-state index in [2.05, 4.69) is 49.8 Å². The number of fused-ring (bicyclic) bond motifs is 1. The summed E-state index contributed by atoms with van der Waals surface area (Å²) < 4.78 is 5.35. The first-order valence-corrected chi connectivity index (χ1v) is 9.95. The molecule has 2 aromatic carbocycles. The van der Waals surface area contributed by atoms with E-state index in [1.807, 2.05) is 36.5 Å². The molecule has 2 N–H and O–H groups in total. The molecular weight excluding hydrogens is 489 g/mol. The Labute approximate surface area is 194 Å². The van der Waals surface area contributed by atoms with Gasteiger partial charge in [0.05, 0.1) is 19.3 Å².